The van der Waals surface area contributed by atoms with Gasteiger partial charge in [0, 0.05) is 45.6 Å². The van der Waals surface area contributed by atoms with Gasteiger partial charge < -0.3 is 24.0 Å². The fourth-order valence-electron chi connectivity index (χ4n) is 5.19. The van der Waals surface area contributed by atoms with Gasteiger partial charge in [0.25, 0.3) is 0 Å². The molecule has 2 aromatic rings. The predicted molar refractivity (Wildman–Crippen MR) is 146 cm³/mol. The van der Waals surface area contributed by atoms with Crippen LogP contribution in [0.1, 0.15) is 73.1 Å². The average molecular weight is 550 g/mol. The van der Waals surface area contributed by atoms with Crippen LogP contribution in [0.3, 0.4) is 0 Å². The molecule has 0 spiro atoms. The molecule has 1 N–H and O–H groups in total. The molecule has 212 valence electrons. The molecule has 10 heteroatoms. The van der Waals surface area contributed by atoms with Gasteiger partial charge in [0.1, 0.15) is 11.4 Å². The third-order valence-electron chi connectivity index (χ3n) is 7.22. The van der Waals surface area contributed by atoms with Crippen LogP contribution in [0.5, 0.6) is 0 Å². The number of fused-ring (bicyclic) bond motifs is 1. The number of carbonyl (C=O) groups is 1. The van der Waals surface area contributed by atoms with Gasteiger partial charge in [-0.1, -0.05) is 20.8 Å². The SMILES string of the molecule is CC(C)(C)Cc1nc2cc(S(=O)(=O)C3CCN(C(=O)OC(C)(C)C)CC3)ccc2n1CC1(O)CCOCC1. The van der Waals surface area contributed by atoms with Crippen molar-refractivity contribution in [2.24, 2.45) is 5.41 Å². The predicted octanol–water partition coefficient (Wildman–Crippen LogP) is 4.34. The first-order valence-corrected chi connectivity index (χ1v) is 15.1. The van der Waals surface area contributed by atoms with Crippen molar-refractivity contribution in [2.45, 2.75) is 102 Å². The van der Waals surface area contributed by atoms with Crippen molar-refractivity contribution in [1.29, 1.82) is 0 Å². The number of ether oxygens (including phenoxy) is 2. The Bertz CT molecular complexity index is 1260. The lowest BCUT2D eigenvalue weighted by Gasteiger charge is -2.33. The second-order valence-corrected chi connectivity index (χ2v) is 15.3. The van der Waals surface area contributed by atoms with E-state index in [4.69, 9.17) is 14.5 Å². The third kappa shape index (κ3) is 6.69. The minimum atomic E-state index is -3.61. The minimum absolute atomic E-state index is 0.0333. The summed E-state index contributed by atoms with van der Waals surface area (Å²) >= 11 is 0. The summed E-state index contributed by atoms with van der Waals surface area (Å²) in [6.07, 6.45) is 2.11. The summed E-state index contributed by atoms with van der Waals surface area (Å²) in [6, 6.07) is 5.15. The van der Waals surface area contributed by atoms with Crippen LogP contribution in [0.25, 0.3) is 11.0 Å². The smallest absolute Gasteiger partial charge is 0.410 e. The van der Waals surface area contributed by atoms with Gasteiger partial charge in [-0.3, -0.25) is 0 Å². The number of hydrogen-bond donors (Lipinski definition) is 1. The van der Waals surface area contributed by atoms with Gasteiger partial charge in [-0.25, -0.2) is 18.2 Å². The van der Waals surface area contributed by atoms with E-state index in [1.807, 2.05) is 26.8 Å². The van der Waals surface area contributed by atoms with E-state index >= 15 is 0 Å². The molecule has 4 rings (SSSR count). The molecular formula is C28H43N3O6S. The zero-order chi connectivity index (χ0) is 27.9. The Morgan fingerprint density at radius 3 is 2.34 bits per heavy atom. The highest BCUT2D eigenvalue weighted by Crippen LogP contribution is 2.32. The molecule has 2 aliphatic rings. The minimum Gasteiger partial charge on any atom is -0.444 e. The van der Waals surface area contributed by atoms with E-state index in [0.29, 0.717) is 70.5 Å². The highest BCUT2D eigenvalue weighted by Gasteiger charge is 2.36. The number of aromatic nitrogens is 2. The largest absolute Gasteiger partial charge is 0.444 e. The van der Waals surface area contributed by atoms with Crippen LogP contribution in [-0.4, -0.2) is 76.8 Å². The van der Waals surface area contributed by atoms with Gasteiger partial charge in [-0.05, 0) is 57.2 Å². The molecule has 0 unspecified atom stereocenters. The molecule has 1 aromatic carbocycles. The molecule has 0 atom stereocenters. The highest BCUT2D eigenvalue weighted by molar-refractivity contribution is 7.92. The number of sulfone groups is 1. The van der Waals surface area contributed by atoms with Crippen LogP contribution >= 0.6 is 0 Å². The van der Waals surface area contributed by atoms with E-state index in [2.05, 4.69) is 25.3 Å². The highest BCUT2D eigenvalue weighted by atomic mass is 32.2. The van der Waals surface area contributed by atoms with Crippen LogP contribution in [0.2, 0.25) is 0 Å². The number of nitrogens with zero attached hydrogens (tertiary/aromatic N) is 3. The van der Waals surface area contributed by atoms with Crippen molar-refractivity contribution in [2.75, 3.05) is 26.3 Å². The Morgan fingerprint density at radius 2 is 1.76 bits per heavy atom. The van der Waals surface area contributed by atoms with Crippen LogP contribution < -0.4 is 0 Å². The van der Waals surface area contributed by atoms with Crippen molar-refractivity contribution in [1.82, 2.24) is 14.5 Å². The van der Waals surface area contributed by atoms with Crippen LogP contribution in [-0.2, 0) is 32.3 Å². The van der Waals surface area contributed by atoms with Crippen molar-refractivity contribution in [3.8, 4) is 0 Å². The fraction of sp³-hybridized carbons (Fsp3) is 0.714. The summed E-state index contributed by atoms with van der Waals surface area (Å²) in [4.78, 5) is 19.1. The van der Waals surface area contributed by atoms with E-state index < -0.39 is 32.4 Å². The Kier molecular flexibility index (Phi) is 7.91. The Morgan fingerprint density at radius 1 is 1.13 bits per heavy atom. The van der Waals surface area contributed by atoms with Gasteiger partial charge in [0.05, 0.1) is 33.3 Å². The number of aliphatic hydroxyl groups is 1. The van der Waals surface area contributed by atoms with Gasteiger partial charge in [0.2, 0.25) is 0 Å². The normalized spacial score (nSPS) is 19.6. The van der Waals surface area contributed by atoms with Crippen molar-refractivity contribution in [3.63, 3.8) is 0 Å². The molecule has 0 saturated carbocycles. The first-order chi connectivity index (χ1) is 17.6. The Balaban J connectivity index is 1.58. The maximum absolute atomic E-state index is 13.6. The molecule has 0 bridgehead atoms. The van der Waals surface area contributed by atoms with E-state index in [9.17, 15) is 18.3 Å². The summed E-state index contributed by atoms with van der Waals surface area (Å²) in [5.41, 5.74) is -0.0692. The molecule has 9 nitrogen and oxygen atoms in total. The van der Waals surface area contributed by atoms with Gasteiger partial charge >= 0.3 is 6.09 Å². The lowest BCUT2D eigenvalue weighted by atomic mass is 9.91. The molecule has 2 aliphatic heterocycles. The third-order valence-corrected chi connectivity index (χ3v) is 9.48. The Labute approximate surface area is 226 Å². The summed E-state index contributed by atoms with van der Waals surface area (Å²) in [5.74, 6) is 0.840. The number of likely N-dealkylation sites (tertiary alicyclic amines) is 1. The molecule has 0 radical (unpaired) electrons. The van der Waals surface area contributed by atoms with Crippen LogP contribution in [0, 0.1) is 5.41 Å². The van der Waals surface area contributed by atoms with Crippen molar-refractivity contribution >= 4 is 27.0 Å². The maximum atomic E-state index is 13.6. The molecule has 2 saturated heterocycles. The van der Waals surface area contributed by atoms with Crippen molar-refractivity contribution < 1.29 is 27.8 Å². The quantitative estimate of drug-likeness (QED) is 0.591. The molecule has 1 amide bonds. The van der Waals surface area contributed by atoms with E-state index in [0.717, 1.165) is 11.3 Å². The van der Waals surface area contributed by atoms with Gasteiger partial charge in [0.15, 0.2) is 9.84 Å². The molecule has 1 aromatic heterocycles. The number of imidazole rings is 1. The summed E-state index contributed by atoms with van der Waals surface area (Å²) in [7, 11) is -3.61. The summed E-state index contributed by atoms with van der Waals surface area (Å²) < 4.78 is 40.2. The lowest BCUT2D eigenvalue weighted by molar-refractivity contribution is -0.0727. The second-order valence-electron chi connectivity index (χ2n) is 13.1. The zero-order valence-electron chi connectivity index (χ0n) is 23.6. The number of carbonyl (C=O) groups excluding carboxylic acids is 1. The standard InChI is InChI=1S/C28H43N3O6S/c1-26(2,3)18-24-29-22-17-21(7-8-23(22)31(24)19-28(33)11-15-36-16-12-28)38(34,35)20-9-13-30(14-10-20)25(32)37-27(4,5)6/h7-8,17,20,33H,9-16,18-19H2,1-6H3. The molecule has 38 heavy (non-hydrogen) atoms. The number of rotatable bonds is 5. The van der Waals surface area contributed by atoms with E-state index in [-0.39, 0.29) is 10.3 Å². The molecule has 0 aliphatic carbocycles. The first kappa shape index (κ1) is 28.8. The summed E-state index contributed by atoms with van der Waals surface area (Å²) in [5, 5.41) is 10.7. The topological polar surface area (TPSA) is 111 Å². The van der Waals surface area contributed by atoms with E-state index in [1.54, 1.807) is 17.0 Å². The van der Waals surface area contributed by atoms with Gasteiger partial charge in [-0.2, -0.15) is 0 Å². The number of benzene rings is 1. The zero-order valence-corrected chi connectivity index (χ0v) is 24.4. The average Bonchev–Trinajstić information content (AvgIpc) is 3.12. The lowest BCUT2D eigenvalue weighted by Crippen LogP contribution is -2.44. The fourth-order valence-corrected chi connectivity index (χ4v) is 6.94. The monoisotopic (exact) mass is 549 g/mol. The van der Waals surface area contributed by atoms with Gasteiger partial charge in [-0.15, -0.1) is 0 Å². The number of hydrogen-bond acceptors (Lipinski definition) is 7. The number of amides is 1. The molecule has 3 heterocycles. The second kappa shape index (κ2) is 10.4. The van der Waals surface area contributed by atoms with E-state index in [1.165, 1.54) is 0 Å². The maximum Gasteiger partial charge on any atom is 0.410 e. The van der Waals surface area contributed by atoms with Crippen molar-refractivity contribution in [3.05, 3.63) is 24.0 Å². The summed E-state index contributed by atoms with van der Waals surface area (Å²) in [6.45, 7) is 14.0. The first-order valence-electron chi connectivity index (χ1n) is 13.6. The number of piperidine rings is 1. The molecular weight excluding hydrogens is 506 g/mol. The Hall–Kier alpha value is -2.17. The molecule has 2 fully saturated rings. The van der Waals surface area contributed by atoms with Crippen LogP contribution in [0.4, 0.5) is 4.79 Å². The van der Waals surface area contributed by atoms with Crippen LogP contribution in [0.15, 0.2) is 23.1 Å².